The normalized spacial score (nSPS) is 8.50. The molecule has 0 spiro atoms. The molecule has 0 unspecified atom stereocenters. The zero-order valence-corrected chi connectivity index (χ0v) is 4.93. The average molecular weight is 124 g/mol. The van der Waals surface area contributed by atoms with Gasteiger partial charge in [-0.2, -0.15) is 0 Å². The summed E-state index contributed by atoms with van der Waals surface area (Å²) in [6, 6.07) is 0. The lowest BCUT2D eigenvalue weighted by Crippen LogP contribution is -1.80. The number of aromatic nitrogens is 2. The van der Waals surface area contributed by atoms with Crippen LogP contribution in [-0.2, 0) is 0 Å². The minimum Gasteiger partial charge on any atom is -0.244 e. The number of rotatable bonds is 1. The van der Waals surface area contributed by atoms with E-state index in [2.05, 4.69) is 22.2 Å². The van der Waals surface area contributed by atoms with Gasteiger partial charge >= 0.3 is 0 Å². The van der Waals surface area contributed by atoms with E-state index in [1.165, 1.54) is 6.33 Å². The molecule has 0 N–H and O–H groups in total. The van der Waals surface area contributed by atoms with Crippen molar-refractivity contribution in [3.05, 3.63) is 24.3 Å². The Hall–Kier alpha value is -0.830. The molecule has 0 radical (unpaired) electrons. The lowest BCUT2D eigenvalue weighted by atomic mass is 10.4. The monoisotopic (exact) mass is 124 g/mol. The molecule has 3 heteroatoms. The molecule has 0 aliphatic rings. The molecule has 0 saturated heterocycles. The van der Waals surface area contributed by atoms with Crippen molar-refractivity contribution in [2.75, 3.05) is 0 Å². The van der Waals surface area contributed by atoms with Crippen LogP contribution in [0.5, 0.6) is 0 Å². The zero-order chi connectivity index (χ0) is 5.82. The quantitative estimate of drug-likeness (QED) is 0.518. The second kappa shape index (κ2) is 2.47. The molecule has 0 fully saturated rings. The van der Waals surface area contributed by atoms with Crippen LogP contribution in [0.4, 0.5) is 0 Å². The van der Waals surface area contributed by atoms with Gasteiger partial charge in [-0.25, -0.2) is 9.97 Å². The van der Waals surface area contributed by atoms with Gasteiger partial charge in [-0.3, -0.25) is 0 Å². The van der Waals surface area contributed by atoms with Gasteiger partial charge in [0.05, 0.1) is 0 Å². The summed E-state index contributed by atoms with van der Waals surface area (Å²) in [5.74, 6) is 0. The van der Waals surface area contributed by atoms with Gasteiger partial charge in [0.15, 0.2) is 0 Å². The molecule has 0 aromatic carbocycles. The van der Waals surface area contributed by atoms with Gasteiger partial charge < -0.3 is 0 Å². The Morgan fingerprint density at radius 3 is 2.38 bits per heavy atom. The Morgan fingerprint density at radius 1 is 1.38 bits per heavy atom. The van der Waals surface area contributed by atoms with Gasteiger partial charge in [-0.05, 0) is 0 Å². The molecule has 1 aromatic rings. The summed E-state index contributed by atoms with van der Waals surface area (Å²) in [5, 5.41) is 1.54. The van der Waals surface area contributed by atoms with E-state index in [0.29, 0.717) is 0 Å². The Balaban J connectivity index is 2.99. The molecule has 2 nitrogen and oxygen atoms in total. The van der Waals surface area contributed by atoms with Gasteiger partial charge in [-0.15, -0.1) is 0 Å². The molecule has 1 aromatic heterocycles. The molecule has 0 saturated carbocycles. The van der Waals surface area contributed by atoms with Crippen LogP contribution in [0.15, 0.2) is 18.7 Å². The Bertz CT molecular complexity index is 173. The Morgan fingerprint density at radius 2 is 2.00 bits per heavy atom. The van der Waals surface area contributed by atoms with Crippen LogP contribution in [-0.4, -0.2) is 15.3 Å². The summed E-state index contributed by atoms with van der Waals surface area (Å²) in [7, 11) is 0. The molecule has 40 valence electrons. The highest BCUT2D eigenvalue weighted by Crippen LogP contribution is 1.84. The van der Waals surface area contributed by atoms with Crippen molar-refractivity contribution in [1.29, 1.82) is 0 Å². The van der Waals surface area contributed by atoms with Crippen LogP contribution in [0.1, 0.15) is 5.56 Å². The van der Waals surface area contributed by atoms with Gasteiger partial charge in [0.1, 0.15) is 6.33 Å². The average Bonchev–Trinajstić information content (AvgIpc) is 1.90. The molecule has 1 rings (SSSR count). The summed E-state index contributed by atoms with van der Waals surface area (Å²) in [6.07, 6.45) is 4.81. The highest BCUT2D eigenvalue weighted by atomic mass is 32.1. The van der Waals surface area contributed by atoms with Gasteiger partial charge in [0, 0.05) is 23.3 Å². The number of thiocarbonyl (C=S) groups is 1. The molecular weight excluding hydrogens is 120 g/mol. The molecule has 0 atom stereocenters. The molecule has 1 heterocycles. The SMILES string of the molecule is S=Cc1cncnc1. The van der Waals surface area contributed by atoms with E-state index in [9.17, 15) is 0 Å². The van der Waals surface area contributed by atoms with E-state index in [0.717, 1.165) is 5.56 Å². The van der Waals surface area contributed by atoms with E-state index in [1.807, 2.05) is 0 Å². The van der Waals surface area contributed by atoms with Gasteiger partial charge in [0.2, 0.25) is 0 Å². The predicted molar refractivity (Wildman–Crippen MR) is 34.8 cm³/mol. The fourth-order valence-electron chi connectivity index (χ4n) is 0.371. The lowest BCUT2D eigenvalue weighted by molar-refractivity contribution is 1.16. The maximum Gasteiger partial charge on any atom is 0.115 e. The Kier molecular flexibility index (Phi) is 1.64. The van der Waals surface area contributed by atoms with Gasteiger partial charge in [0.25, 0.3) is 0 Å². The first-order chi connectivity index (χ1) is 3.93. The maximum absolute atomic E-state index is 4.61. The maximum atomic E-state index is 4.61. The van der Waals surface area contributed by atoms with Crippen molar-refractivity contribution in [2.24, 2.45) is 0 Å². The highest BCUT2D eigenvalue weighted by molar-refractivity contribution is 7.79. The lowest BCUT2D eigenvalue weighted by Gasteiger charge is -1.82. The topological polar surface area (TPSA) is 25.8 Å². The number of hydrogen-bond acceptors (Lipinski definition) is 3. The van der Waals surface area contributed by atoms with Crippen LogP contribution in [0, 0.1) is 0 Å². The van der Waals surface area contributed by atoms with E-state index in [1.54, 1.807) is 17.8 Å². The third-order valence-electron chi connectivity index (χ3n) is 0.717. The number of hydrogen-bond donors (Lipinski definition) is 0. The van der Waals surface area contributed by atoms with Crippen molar-refractivity contribution < 1.29 is 0 Å². The van der Waals surface area contributed by atoms with Crippen LogP contribution in [0.2, 0.25) is 0 Å². The Labute approximate surface area is 52.6 Å². The van der Waals surface area contributed by atoms with Crippen LogP contribution in [0.25, 0.3) is 0 Å². The first-order valence-corrected chi connectivity index (χ1v) is 2.61. The molecule has 0 aliphatic carbocycles. The summed E-state index contributed by atoms with van der Waals surface area (Å²) >= 11 is 4.61. The van der Waals surface area contributed by atoms with Crippen LogP contribution in [0.3, 0.4) is 0 Å². The molecule has 0 aliphatic heterocycles. The first kappa shape index (κ1) is 5.31. The smallest absolute Gasteiger partial charge is 0.115 e. The summed E-state index contributed by atoms with van der Waals surface area (Å²) in [5.41, 5.74) is 0.877. The van der Waals surface area contributed by atoms with Crippen LogP contribution < -0.4 is 0 Å². The first-order valence-electron chi connectivity index (χ1n) is 2.13. The molecule has 8 heavy (non-hydrogen) atoms. The van der Waals surface area contributed by atoms with Crippen molar-refractivity contribution in [2.45, 2.75) is 0 Å². The summed E-state index contributed by atoms with van der Waals surface area (Å²) in [4.78, 5) is 7.49. The minimum absolute atomic E-state index is 0.877. The van der Waals surface area contributed by atoms with Crippen molar-refractivity contribution >= 4 is 17.6 Å². The van der Waals surface area contributed by atoms with Crippen LogP contribution >= 0.6 is 12.2 Å². The fraction of sp³-hybridized carbons (Fsp3) is 0. The third kappa shape index (κ3) is 1.07. The van der Waals surface area contributed by atoms with Gasteiger partial charge in [-0.1, -0.05) is 12.2 Å². The molecule has 0 amide bonds. The summed E-state index contributed by atoms with van der Waals surface area (Å²) < 4.78 is 0. The molecule has 0 bridgehead atoms. The largest absolute Gasteiger partial charge is 0.244 e. The van der Waals surface area contributed by atoms with E-state index in [4.69, 9.17) is 0 Å². The van der Waals surface area contributed by atoms with E-state index < -0.39 is 0 Å². The zero-order valence-electron chi connectivity index (χ0n) is 4.11. The van der Waals surface area contributed by atoms with Crippen molar-refractivity contribution in [3.8, 4) is 0 Å². The van der Waals surface area contributed by atoms with Crippen molar-refractivity contribution in [1.82, 2.24) is 9.97 Å². The second-order valence-corrected chi connectivity index (χ2v) is 1.53. The van der Waals surface area contributed by atoms with E-state index in [-0.39, 0.29) is 0 Å². The van der Waals surface area contributed by atoms with E-state index >= 15 is 0 Å². The predicted octanol–water partition coefficient (Wildman–Crippen LogP) is 0.824. The number of nitrogens with zero attached hydrogens (tertiary/aromatic N) is 2. The highest BCUT2D eigenvalue weighted by Gasteiger charge is 1.79. The minimum atomic E-state index is 0.877. The summed E-state index contributed by atoms with van der Waals surface area (Å²) in [6.45, 7) is 0. The molecular formula is C5H4N2S. The standard InChI is InChI=1S/C5H4N2S/c8-3-5-1-6-4-7-2-5/h1-4H. The fourth-order valence-corrected chi connectivity index (χ4v) is 0.493. The van der Waals surface area contributed by atoms with Crippen molar-refractivity contribution in [3.63, 3.8) is 0 Å². The second-order valence-electron chi connectivity index (χ2n) is 1.29. The third-order valence-corrected chi connectivity index (χ3v) is 0.989.